The van der Waals surface area contributed by atoms with Crippen molar-refractivity contribution in [2.45, 2.75) is 17.9 Å². The minimum Gasteiger partial charge on any atom is -0.351 e. The quantitative estimate of drug-likeness (QED) is 0.356. The van der Waals surface area contributed by atoms with E-state index >= 15 is 0 Å². The van der Waals surface area contributed by atoms with Crippen LogP contribution in [0.15, 0.2) is 113 Å². The third-order valence-corrected chi connectivity index (χ3v) is 7.80. The normalized spacial score (nSPS) is 14.9. The lowest BCUT2D eigenvalue weighted by Gasteiger charge is -2.22. The van der Waals surface area contributed by atoms with E-state index in [1.54, 1.807) is 42.5 Å². The fourth-order valence-electron chi connectivity index (χ4n) is 4.34. The Morgan fingerprint density at radius 3 is 2.11 bits per heavy atom. The third kappa shape index (κ3) is 4.76. The van der Waals surface area contributed by atoms with E-state index in [1.807, 2.05) is 49.4 Å². The molecule has 0 aliphatic carbocycles. The molecule has 5 rings (SSSR count). The third-order valence-electron chi connectivity index (χ3n) is 6.37. The Kier molecular flexibility index (Phi) is 6.37. The zero-order chi connectivity index (χ0) is 26.2. The van der Waals surface area contributed by atoms with Gasteiger partial charge in [-0.2, -0.15) is 4.72 Å². The Morgan fingerprint density at radius 1 is 0.757 bits per heavy atom. The van der Waals surface area contributed by atoms with Gasteiger partial charge in [-0.05, 0) is 53.6 Å². The number of amides is 2. The van der Waals surface area contributed by atoms with Gasteiger partial charge in [-0.1, -0.05) is 72.3 Å². The molecule has 4 aromatic carbocycles. The number of benzene rings is 4. The van der Waals surface area contributed by atoms with Crippen LogP contribution in [0.5, 0.6) is 0 Å². The van der Waals surface area contributed by atoms with Crippen molar-refractivity contribution >= 4 is 38.3 Å². The monoisotopic (exact) mass is 511 g/mol. The number of carbonyl (C=O) groups excluding carboxylic acids is 2. The number of nitrogens with zero attached hydrogens (tertiary/aromatic N) is 1. The summed E-state index contributed by atoms with van der Waals surface area (Å²) in [6.45, 7) is 1.87. The van der Waals surface area contributed by atoms with Crippen LogP contribution < -0.4 is 10.0 Å². The fourth-order valence-corrected chi connectivity index (χ4v) is 5.53. The SMILES string of the molecule is Cc1ccc(S(=O)(=O)NC(C2=C(Nc3ccccc3)C(=O)N(C)C2=O)c2ccc3ccccc3c2)cc1. The summed E-state index contributed by atoms with van der Waals surface area (Å²) in [7, 11) is -2.68. The number of hydrogen-bond acceptors (Lipinski definition) is 5. The first kappa shape index (κ1) is 24.4. The second kappa shape index (κ2) is 9.65. The van der Waals surface area contributed by atoms with Gasteiger partial charge in [0.25, 0.3) is 11.8 Å². The molecule has 1 heterocycles. The molecule has 0 fully saturated rings. The smallest absolute Gasteiger partial charge is 0.277 e. The molecule has 7 nitrogen and oxygen atoms in total. The summed E-state index contributed by atoms with van der Waals surface area (Å²) in [6.07, 6.45) is 0. The highest BCUT2D eigenvalue weighted by atomic mass is 32.2. The Bertz CT molecular complexity index is 1650. The van der Waals surface area contributed by atoms with Crippen molar-refractivity contribution in [1.82, 2.24) is 9.62 Å². The summed E-state index contributed by atoms with van der Waals surface area (Å²) in [5.41, 5.74) is 2.12. The Morgan fingerprint density at radius 2 is 1.41 bits per heavy atom. The van der Waals surface area contributed by atoms with E-state index in [-0.39, 0.29) is 16.2 Å². The molecule has 0 aromatic heterocycles. The molecule has 2 amide bonds. The van der Waals surface area contributed by atoms with Crippen molar-refractivity contribution in [2.24, 2.45) is 0 Å². The number of imide groups is 1. The lowest BCUT2D eigenvalue weighted by molar-refractivity contribution is -0.136. The first-order valence-electron chi connectivity index (χ1n) is 11.7. The summed E-state index contributed by atoms with van der Waals surface area (Å²) >= 11 is 0. The fraction of sp³-hybridized carbons (Fsp3) is 0.103. The van der Waals surface area contributed by atoms with E-state index in [0.717, 1.165) is 21.2 Å². The molecule has 186 valence electrons. The van der Waals surface area contributed by atoms with Gasteiger partial charge in [0.2, 0.25) is 10.0 Å². The first-order chi connectivity index (χ1) is 17.7. The number of nitrogens with one attached hydrogen (secondary N) is 2. The Hall–Kier alpha value is -4.27. The molecule has 1 atom stereocenters. The number of fused-ring (bicyclic) bond motifs is 1. The average Bonchev–Trinajstić information content (AvgIpc) is 3.11. The van der Waals surface area contributed by atoms with E-state index in [9.17, 15) is 18.0 Å². The summed E-state index contributed by atoms with van der Waals surface area (Å²) in [6, 6.07) is 27.4. The van der Waals surface area contributed by atoms with Crippen LogP contribution in [0, 0.1) is 6.92 Å². The molecule has 1 aliphatic heterocycles. The number of para-hydroxylation sites is 1. The lowest BCUT2D eigenvalue weighted by atomic mass is 9.96. The Balaban J connectivity index is 1.68. The maximum absolute atomic E-state index is 13.5. The lowest BCUT2D eigenvalue weighted by Crippen LogP contribution is -2.34. The molecule has 8 heteroatoms. The standard InChI is InChI=1S/C29H25N3O4S/c1-19-12-16-24(17-13-19)37(35,36)31-26(22-15-14-20-8-6-7-9-21(20)18-22)25-27(29(34)32(2)28(25)33)30-23-10-4-3-5-11-23/h3-18,26,30-31H,1-2H3. The van der Waals surface area contributed by atoms with E-state index in [1.165, 1.54) is 19.2 Å². The number of aryl methyl sites for hydroxylation is 1. The number of anilines is 1. The van der Waals surface area contributed by atoms with Crippen molar-refractivity contribution < 1.29 is 18.0 Å². The molecule has 0 saturated heterocycles. The van der Waals surface area contributed by atoms with E-state index in [0.29, 0.717) is 11.3 Å². The highest BCUT2D eigenvalue weighted by Gasteiger charge is 2.42. The zero-order valence-corrected chi connectivity index (χ0v) is 21.1. The van der Waals surface area contributed by atoms with Crippen molar-refractivity contribution in [3.05, 3.63) is 119 Å². The van der Waals surface area contributed by atoms with Crippen molar-refractivity contribution in [2.75, 3.05) is 12.4 Å². The summed E-state index contributed by atoms with van der Waals surface area (Å²) in [4.78, 5) is 27.7. The molecule has 0 spiro atoms. The number of rotatable bonds is 7. The molecule has 0 saturated carbocycles. The predicted molar refractivity (Wildman–Crippen MR) is 143 cm³/mol. The van der Waals surface area contributed by atoms with Crippen LogP contribution in [-0.2, 0) is 19.6 Å². The molecule has 0 bridgehead atoms. The van der Waals surface area contributed by atoms with Gasteiger partial charge in [0.05, 0.1) is 16.5 Å². The van der Waals surface area contributed by atoms with Crippen LogP contribution in [0.3, 0.4) is 0 Å². The van der Waals surface area contributed by atoms with Gasteiger partial charge in [-0.15, -0.1) is 0 Å². The molecular weight excluding hydrogens is 486 g/mol. The molecule has 0 radical (unpaired) electrons. The maximum atomic E-state index is 13.5. The highest BCUT2D eigenvalue weighted by Crippen LogP contribution is 2.34. The second-order valence-corrected chi connectivity index (χ2v) is 10.6. The minimum atomic E-state index is -4.06. The molecule has 2 N–H and O–H groups in total. The van der Waals surface area contributed by atoms with Gasteiger partial charge in [0, 0.05) is 12.7 Å². The van der Waals surface area contributed by atoms with Crippen molar-refractivity contribution in [3.63, 3.8) is 0 Å². The van der Waals surface area contributed by atoms with E-state index < -0.39 is 27.9 Å². The van der Waals surface area contributed by atoms with Gasteiger partial charge < -0.3 is 5.32 Å². The molecular formula is C29H25N3O4S. The van der Waals surface area contributed by atoms with Gasteiger partial charge in [0.15, 0.2) is 0 Å². The summed E-state index contributed by atoms with van der Waals surface area (Å²) in [5, 5.41) is 4.90. The number of sulfonamides is 1. The van der Waals surface area contributed by atoms with E-state index in [4.69, 9.17) is 0 Å². The molecule has 37 heavy (non-hydrogen) atoms. The van der Waals surface area contributed by atoms with Crippen LogP contribution in [0.4, 0.5) is 5.69 Å². The predicted octanol–water partition coefficient (Wildman–Crippen LogP) is 4.53. The van der Waals surface area contributed by atoms with Crippen LogP contribution in [0.1, 0.15) is 17.2 Å². The van der Waals surface area contributed by atoms with Gasteiger partial charge in [-0.3, -0.25) is 14.5 Å². The molecule has 4 aromatic rings. The number of carbonyl (C=O) groups is 2. The summed E-state index contributed by atoms with van der Waals surface area (Å²) < 4.78 is 29.8. The van der Waals surface area contributed by atoms with Gasteiger partial charge in [0.1, 0.15) is 5.70 Å². The largest absolute Gasteiger partial charge is 0.351 e. The van der Waals surface area contributed by atoms with Gasteiger partial charge >= 0.3 is 0 Å². The van der Waals surface area contributed by atoms with Crippen LogP contribution in [-0.4, -0.2) is 32.2 Å². The Labute approximate surface area is 215 Å². The molecule has 1 aliphatic rings. The second-order valence-electron chi connectivity index (χ2n) is 8.92. The van der Waals surface area contributed by atoms with Crippen LogP contribution >= 0.6 is 0 Å². The van der Waals surface area contributed by atoms with Gasteiger partial charge in [-0.25, -0.2) is 8.42 Å². The summed E-state index contributed by atoms with van der Waals surface area (Å²) in [5.74, 6) is -1.11. The van der Waals surface area contributed by atoms with Crippen molar-refractivity contribution in [1.29, 1.82) is 0 Å². The van der Waals surface area contributed by atoms with Crippen LogP contribution in [0.2, 0.25) is 0 Å². The topological polar surface area (TPSA) is 95.6 Å². The molecule has 1 unspecified atom stereocenters. The van der Waals surface area contributed by atoms with Crippen molar-refractivity contribution in [3.8, 4) is 0 Å². The number of hydrogen-bond donors (Lipinski definition) is 2. The first-order valence-corrected chi connectivity index (χ1v) is 13.2. The highest BCUT2D eigenvalue weighted by molar-refractivity contribution is 7.89. The zero-order valence-electron chi connectivity index (χ0n) is 20.3. The van der Waals surface area contributed by atoms with Crippen LogP contribution in [0.25, 0.3) is 10.8 Å². The number of likely N-dealkylation sites (N-methyl/N-ethyl adjacent to an activating group) is 1. The maximum Gasteiger partial charge on any atom is 0.277 e. The minimum absolute atomic E-state index is 0.0299. The van der Waals surface area contributed by atoms with E-state index in [2.05, 4.69) is 10.0 Å². The average molecular weight is 512 g/mol.